The molecule has 2 heterocycles. The summed E-state index contributed by atoms with van der Waals surface area (Å²) in [5.41, 5.74) is 2.29. The molecule has 2 amide bonds. The molecule has 1 fully saturated rings. The molecule has 0 aromatic heterocycles. The quantitative estimate of drug-likeness (QED) is 0.468. The molecule has 0 aliphatic carbocycles. The Bertz CT molecular complexity index is 1110. The summed E-state index contributed by atoms with van der Waals surface area (Å²) in [4.78, 5) is 28.8. The number of nitrogens with one attached hydrogen (secondary N) is 2. The number of ether oxygens (including phenoxy) is 1. The number of carbonyl (C=O) groups excluding carboxylic acids is 2. The van der Waals surface area contributed by atoms with Crippen LogP contribution in [0.3, 0.4) is 0 Å². The zero-order valence-electron chi connectivity index (χ0n) is 21.9. The molecule has 2 aromatic rings. The van der Waals surface area contributed by atoms with Crippen LogP contribution in [0.5, 0.6) is 0 Å². The summed E-state index contributed by atoms with van der Waals surface area (Å²) in [7, 11) is 4.36. The van der Waals surface area contributed by atoms with E-state index in [0.717, 1.165) is 24.2 Å². The molecule has 3 unspecified atom stereocenters. The Labute approximate surface area is 222 Å². The fourth-order valence-corrected chi connectivity index (χ4v) is 5.21. The third-order valence-electron chi connectivity index (χ3n) is 7.17. The van der Waals surface area contributed by atoms with Crippen molar-refractivity contribution in [1.82, 2.24) is 20.3 Å². The van der Waals surface area contributed by atoms with Crippen LogP contribution in [0, 0.1) is 5.41 Å². The molecule has 2 aliphatic heterocycles. The molecule has 3 atom stereocenters. The van der Waals surface area contributed by atoms with E-state index in [1.807, 2.05) is 65.5 Å². The number of nitrogens with zero attached hydrogens (tertiary/aromatic N) is 3. The Morgan fingerprint density at radius 2 is 1.73 bits per heavy atom. The number of hydrogen-bond donors (Lipinski definition) is 2. The van der Waals surface area contributed by atoms with Gasteiger partial charge in [0.15, 0.2) is 0 Å². The van der Waals surface area contributed by atoms with E-state index in [0.29, 0.717) is 26.1 Å². The Kier molecular flexibility index (Phi) is 8.63. The molecule has 37 heavy (non-hydrogen) atoms. The number of piperidine rings is 1. The minimum atomic E-state index is -0.854. The number of carbonyl (C=O) groups is 2. The van der Waals surface area contributed by atoms with E-state index in [9.17, 15) is 9.59 Å². The number of rotatable bonds is 10. The van der Waals surface area contributed by atoms with Gasteiger partial charge in [0, 0.05) is 38.8 Å². The zero-order chi connectivity index (χ0) is 26.5. The van der Waals surface area contributed by atoms with Crippen molar-refractivity contribution in [2.45, 2.75) is 44.9 Å². The van der Waals surface area contributed by atoms with E-state index < -0.39 is 11.6 Å². The molecule has 2 aliphatic rings. The van der Waals surface area contributed by atoms with Gasteiger partial charge in [-0.3, -0.25) is 19.7 Å². The Morgan fingerprint density at radius 3 is 2.38 bits per heavy atom. The molecule has 8 nitrogen and oxygen atoms in total. The Hall–Kier alpha value is -2.80. The van der Waals surface area contributed by atoms with Gasteiger partial charge in [0.25, 0.3) is 0 Å². The number of benzene rings is 2. The first kappa shape index (κ1) is 27.2. The molecule has 2 aromatic carbocycles. The molecule has 1 saturated heterocycles. The van der Waals surface area contributed by atoms with Crippen LogP contribution >= 0.6 is 9.39 Å². The monoisotopic (exact) mass is 523 g/mol. The minimum Gasteiger partial charge on any atom is -0.374 e. The summed E-state index contributed by atoms with van der Waals surface area (Å²) < 4.78 is 5.95. The van der Waals surface area contributed by atoms with E-state index in [1.54, 1.807) is 13.8 Å². The van der Waals surface area contributed by atoms with Gasteiger partial charge in [0.05, 0.1) is 24.2 Å². The molecular weight excluding hydrogens is 485 g/mol. The van der Waals surface area contributed by atoms with Crippen LogP contribution in [-0.2, 0) is 27.4 Å². The second kappa shape index (κ2) is 11.7. The van der Waals surface area contributed by atoms with Gasteiger partial charge < -0.3 is 15.0 Å². The third-order valence-corrected chi connectivity index (χ3v) is 7.89. The van der Waals surface area contributed by atoms with Gasteiger partial charge in [-0.2, -0.15) is 5.10 Å². The second-order valence-electron chi connectivity index (χ2n) is 10.6. The van der Waals surface area contributed by atoms with Crippen molar-refractivity contribution in [2.24, 2.45) is 10.5 Å². The fourth-order valence-electron chi connectivity index (χ4n) is 5.08. The normalized spacial score (nSPS) is 20.3. The standard InChI is InChI=1S/C28H38N5O3P/c1-27(2,31-37)26(35)29-23(18-36-17-22-12-8-5-9-13-22)25(34)33-15-14-24-28(20-33,19-32(3)30-24)16-21-10-6-4-7-11-21/h4-13,23,31H,14-20,37H2,1-3H3,(H,29,35). The number of amides is 2. The van der Waals surface area contributed by atoms with Gasteiger partial charge in [-0.05, 0) is 31.4 Å². The van der Waals surface area contributed by atoms with Crippen LogP contribution in [0.15, 0.2) is 65.8 Å². The predicted octanol–water partition coefficient (Wildman–Crippen LogP) is 2.61. The Balaban J connectivity index is 1.51. The van der Waals surface area contributed by atoms with E-state index in [-0.39, 0.29) is 23.8 Å². The van der Waals surface area contributed by atoms with Gasteiger partial charge in [-0.1, -0.05) is 70.1 Å². The van der Waals surface area contributed by atoms with Crippen molar-refractivity contribution in [3.8, 4) is 0 Å². The fraction of sp³-hybridized carbons (Fsp3) is 0.464. The van der Waals surface area contributed by atoms with Gasteiger partial charge in [-0.25, -0.2) is 0 Å². The van der Waals surface area contributed by atoms with Crippen molar-refractivity contribution >= 4 is 26.9 Å². The summed E-state index contributed by atoms with van der Waals surface area (Å²) in [6.45, 7) is 5.88. The summed E-state index contributed by atoms with van der Waals surface area (Å²) in [6, 6.07) is 19.4. The summed E-state index contributed by atoms with van der Waals surface area (Å²) >= 11 is 0. The molecule has 0 bridgehead atoms. The van der Waals surface area contributed by atoms with Crippen LogP contribution in [-0.4, -0.2) is 72.3 Å². The maximum absolute atomic E-state index is 13.9. The smallest absolute Gasteiger partial charge is 0.247 e. The first-order chi connectivity index (χ1) is 17.7. The molecule has 198 valence electrons. The second-order valence-corrected chi connectivity index (χ2v) is 10.9. The highest BCUT2D eigenvalue weighted by molar-refractivity contribution is 7.13. The van der Waals surface area contributed by atoms with Gasteiger partial charge in [-0.15, -0.1) is 0 Å². The van der Waals surface area contributed by atoms with Gasteiger partial charge in [0.1, 0.15) is 6.04 Å². The largest absolute Gasteiger partial charge is 0.374 e. The van der Waals surface area contributed by atoms with E-state index in [2.05, 4.69) is 31.9 Å². The van der Waals surface area contributed by atoms with Crippen molar-refractivity contribution < 1.29 is 14.3 Å². The van der Waals surface area contributed by atoms with Crippen molar-refractivity contribution in [3.05, 3.63) is 71.8 Å². The van der Waals surface area contributed by atoms with E-state index >= 15 is 0 Å². The van der Waals surface area contributed by atoms with Crippen LogP contribution in [0.1, 0.15) is 31.4 Å². The van der Waals surface area contributed by atoms with Crippen molar-refractivity contribution in [3.63, 3.8) is 0 Å². The van der Waals surface area contributed by atoms with Crippen molar-refractivity contribution in [2.75, 3.05) is 33.3 Å². The maximum Gasteiger partial charge on any atom is 0.247 e. The molecular formula is C28H38N5O3P. The topological polar surface area (TPSA) is 86.3 Å². The highest BCUT2D eigenvalue weighted by Gasteiger charge is 2.47. The lowest BCUT2D eigenvalue weighted by atomic mass is 9.74. The predicted molar refractivity (Wildman–Crippen MR) is 149 cm³/mol. The first-order valence-electron chi connectivity index (χ1n) is 12.7. The van der Waals surface area contributed by atoms with Gasteiger partial charge >= 0.3 is 0 Å². The summed E-state index contributed by atoms with van der Waals surface area (Å²) in [5, 5.41) is 12.7. The lowest BCUT2D eigenvalue weighted by Crippen LogP contribution is -2.61. The highest BCUT2D eigenvalue weighted by Crippen LogP contribution is 2.37. The lowest BCUT2D eigenvalue weighted by Gasteiger charge is -2.42. The number of hydrazone groups is 1. The third kappa shape index (κ3) is 6.56. The first-order valence-corrected chi connectivity index (χ1v) is 13.3. The molecule has 0 saturated carbocycles. The summed E-state index contributed by atoms with van der Waals surface area (Å²) in [5.74, 6) is -0.384. The maximum atomic E-state index is 13.9. The number of likely N-dealkylation sites (tertiary alicyclic amines) is 1. The average Bonchev–Trinajstić information content (AvgIpc) is 3.23. The number of fused-ring (bicyclic) bond motifs is 1. The number of hydrogen-bond acceptors (Lipinski definition) is 6. The summed E-state index contributed by atoms with van der Waals surface area (Å²) in [6.07, 6.45) is 1.53. The van der Waals surface area contributed by atoms with Crippen molar-refractivity contribution in [1.29, 1.82) is 0 Å². The Morgan fingerprint density at radius 1 is 1.08 bits per heavy atom. The molecule has 2 N–H and O–H groups in total. The van der Waals surface area contributed by atoms with Crippen LogP contribution < -0.4 is 10.4 Å². The van der Waals surface area contributed by atoms with E-state index in [4.69, 9.17) is 9.84 Å². The van der Waals surface area contributed by atoms with Crippen LogP contribution in [0.4, 0.5) is 0 Å². The molecule has 0 spiro atoms. The van der Waals surface area contributed by atoms with Gasteiger partial charge in [0.2, 0.25) is 11.8 Å². The highest BCUT2D eigenvalue weighted by atomic mass is 31.0. The van der Waals surface area contributed by atoms with Crippen LogP contribution in [0.2, 0.25) is 0 Å². The molecule has 4 rings (SSSR count). The lowest BCUT2D eigenvalue weighted by molar-refractivity contribution is -0.140. The zero-order valence-corrected chi connectivity index (χ0v) is 23.1. The van der Waals surface area contributed by atoms with Crippen LogP contribution in [0.25, 0.3) is 0 Å². The minimum absolute atomic E-state index is 0.0927. The SMILES string of the molecule is CN1CC2(Cc3ccccc3)CN(C(=O)C(COCc3ccccc3)NC(=O)C(C)(C)NP)CCC2=N1. The van der Waals surface area contributed by atoms with E-state index in [1.165, 1.54) is 5.56 Å². The molecule has 0 radical (unpaired) electrons. The average molecular weight is 524 g/mol. The molecule has 9 heteroatoms.